The zero-order valence-electron chi connectivity index (χ0n) is 28.0. The molecule has 4 aliphatic rings. The highest BCUT2D eigenvalue weighted by atomic mass is 35.5. The second-order valence-corrected chi connectivity index (χ2v) is 14.2. The third-order valence-electron chi connectivity index (χ3n) is 10.1. The van der Waals surface area contributed by atoms with E-state index in [9.17, 15) is 13.6 Å². The standard InChI is InChI=1S/C35H48ClF3N6O/c1-8-9-24(31(39)30(38)19-37)27-20-43(6)15-12-25(27)33(46)45-16-13-35(14-17-45)18-28(34(3,4)21-44(7)41-22-40-5)26-10-11-29(36)23(2)42-32(26)35/h8-9,11,22,25,27-28H,1,12-21H2,2-7H3,(H,40,41)/b24-9-,31-30-/t25-,27+,28-/m1/s1. The number of rotatable bonds is 10. The van der Waals surface area contributed by atoms with E-state index >= 15 is 4.39 Å². The van der Waals surface area contributed by atoms with Crippen LogP contribution in [0, 0.1) is 28.6 Å². The van der Waals surface area contributed by atoms with Gasteiger partial charge in [-0.25, -0.2) is 18.2 Å². The van der Waals surface area contributed by atoms with Gasteiger partial charge in [0.15, 0.2) is 11.7 Å². The molecular weight excluding hydrogens is 613 g/mol. The number of likely N-dealkylation sites (tertiary alicyclic amines) is 2. The van der Waals surface area contributed by atoms with E-state index in [1.54, 1.807) is 13.4 Å². The van der Waals surface area contributed by atoms with Crippen molar-refractivity contribution in [1.29, 1.82) is 0 Å². The predicted molar refractivity (Wildman–Crippen MR) is 180 cm³/mol. The molecule has 11 heteroatoms. The molecule has 0 aromatic rings. The summed E-state index contributed by atoms with van der Waals surface area (Å²) in [5.74, 6) is -3.81. The van der Waals surface area contributed by atoms with Gasteiger partial charge in [-0.3, -0.25) is 14.8 Å². The number of piperidine rings is 2. The number of nitrogens with zero attached hydrogens (tertiary/aromatic N) is 5. The lowest BCUT2D eigenvalue weighted by atomic mass is 9.71. The van der Waals surface area contributed by atoms with Gasteiger partial charge in [0.05, 0.1) is 22.8 Å². The Kier molecular flexibility index (Phi) is 11.6. The smallest absolute Gasteiger partial charge is 0.226 e. The highest BCUT2D eigenvalue weighted by Crippen LogP contribution is 2.55. The van der Waals surface area contributed by atoms with Crippen molar-refractivity contribution in [3.63, 3.8) is 0 Å². The second kappa shape index (κ2) is 14.9. The van der Waals surface area contributed by atoms with Gasteiger partial charge < -0.3 is 15.2 Å². The van der Waals surface area contributed by atoms with Crippen molar-refractivity contribution in [2.45, 2.75) is 46.5 Å². The highest BCUT2D eigenvalue weighted by Gasteiger charge is 2.54. The zero-order chi connectivity index (χ0) is 33.8. The number of amides is 1. The molecule has 7 nitrogen and oxygen atoms in total. The molecule has 0 radical (unpaired) electrons. The molecule has 1 aliphatic carbocycles. The molecule has 46 heavy (non-hydrogen) atoms. The van der Waals surface area contributed by atoms with E-state index in [1.807, 2.05) is 41.9 Å². The molecule has 1 N–H and O–H groups in total. The van der Waals surface area contributed by atoms with Gasteiger partial charge in [0.2, 0.25) is 5.91 Å². The van der Waals surface area contributed by atoms with Crippen molar-refractivity contribution >= 4 is 29.6 Å². The van der Waals surface area contributed by atoms with Crippen LogP contribution in [0.1, 0.15) is 46.5 Å². The summed E-state index contributed by atoms with van der Waals surface area (Å²) in [6.45, 7) is 11.3. The van der Waals surface area contributed by atoms with Gasteiger partial charge in [-0.1, -0.05) is 44.2 Å². The summed E-state index contributed by atoms with van der Waals surface area (Å²) in [5, 5.41) is 2.59. The topological polar surface area (TPSA) is 63.5 Å². The van der Waals surface area contributed by atoms with Crippen molar-refractivity contribution in [2.75, 3.05) is 60.5 Å². The Balaban J connectivity index is 1.60. The molecule has 1 amide bonds. The summed E-state index contributed by atoms with van der Waals surface area (Å²) in [6.07, 6.45) is 9.02. The molecule has 3 aliphatic heterocycles. The molecular formula is C35H48ClF3N6O. The highest BCUT2D eigenvalue weighted by molar-refractivity contribution is 6.31. The minimum absolute atomic E-state index is 0.0115. The van der Waals surface area contributed by atoms with Crippen LogP contribution in [0.5, 0.6) is 0 Å². The normalized spacial score (nSPS) is 26.3. The van der Waals surface area contributed by atoms with Crippen LogP contribution in [0.15, 0.2) is 74.1 Å². The van der Waals surface area contributed by atoms with E-state index in [2.05, 4.69) is 36.6 Å². The van der Waals surface area contributed by atoms with Gasteiger partial charge in [-0.15, -0.1) is 5.73 Å². The van der Waals surface area contributed by atoms with Gasteiger partial charge in [0.25, 0.3) is 0 Å². The van der Waals surface area contributed by atoms with Crippen LogP contribution in [0.4, 0.5) is 13.2 Å². The molecule has 0 bridgehead atoms. The van der Waals surface area contributed by atoms with E-state index in [4.69, 9.17) is 16.6 Å². The minimum Gasteiger partial charge on any atom is -0.342 e. The minimum atomic E-state index is -1.54. The SMILES string of the molecule is C=C/C=C(\C(F)=C(\F)CF)[C@@H]1CN(C)CC[C@H]1C(=O)N1CCC2(CC1)C[C@@H](C(C)(C)CN(C)NC=NC)C1=C=CC(Cl)=C(C)N=C12. The van der Waals surface area contributed by atoms with Gasteiger partial charge >= 0.3 is 0 Å². The molecule has 1 saturated carbocycles. The molecule has 4 rings (SSSR count). The summed E-state index contributed by atoms with van der Waals surface area (Å²) in [5.41, 5.74) is 9.11. The van der Waals surface area contributed by atoms with E-state index < -0.39 is 30.2 Å². The first-order chi connectivity index (χ1) is 21.8. The number of allylic oxidation sites excluding steroid dienone is 7. The summed E-state index contributed by atoms with van der Waals surface area (Å²) in [4.78, 5) is 27.2. The fourth-order valence-electron chi connectivity index (χ4n) is 7.70. The van der Waals surface area contributed by atoms with Crippen LogP contribution < -0.4 is 5.43 Å². The van der Waals surface area contributed by atoms with E-state index in [0.29, 0.717) is 50.5 Å². The van der Waals surface area contributed by atoms with Gasteiger partial charge in [-0.05, 0) is 57.2 Å². The van der Waals surface area contributed by atoms with Gasteiger partial charge in [-0.2, -0.15) is 0 Å². The first-order valence-corrected chi connectivity index (χ1v) is 16.4. The monoisotopic (exact) mass is 660 g/mol. The number of fused-ring (bicyclic) bond motifs is 2. The Morgan fingerprint density at radius 1 is 1.30 bits per heavy atom. The Morgan fingerprint density at radius 3 is 2.63 bits per heavy atom. The Morgan fingerprint density at radius 2 is 2.00 bits per heavy atom. The van der Waals surface area contributed by atoms with Crippen molar-refractivity contribution in [2.24, 2.45) is 38.6 Å². The fourth-order valence-corrected chi connectivity index (χ4v) is 7.80. The molecule has 0 aromatic carbocycles. The quantitative estimate of drug-likeness (QED) is 0.0950. The number of hydrogen-bond donors (Lipinski definition) is 1. The molecule has 0 unspecified atom stereocenters. The Labute approximate surface area is 277 Å². The molecule has 3 heterocycles. The molecule has 2 saturated heterocycles. The Hall–Kier alpha value is -2.91. The molecule has 3 fully saturated rings. The van der Waals surface area contributed by atoms with Crippen LogP contribution in [0.2, 0.25) is 0 Å². The maximum absolute atomic E-state index is 15.1. The average Bonchev–Trinajstić information content (AvgIpc) is 3.23. The summed E-state index contributed by atoms with van der Waals surface area (Å²) < 4.78 is 42.4. The lowest BCUT2D eigenvalue weighted by molar-refractivity contribution is -0.140. The lowest BCUT2D eigenvalue weighted by Crippen LogP contribution is -2.51. The largest absolute Gasteiger partial charge is 0.342 e. The van der Waals surface area contributed by atoms with Crippen molar-refractivity contribution in [1.82, 2.24) is 20.2 Å². The number of carbonyl (C=O) groups is 1. The summed E-state index contributed by atoms with van der Waals surface area (Å²) >= 11 is 6.55. The first kappa shape index (κ1) is 35.9. The molecule has 252 valence electrons. The molecule has 3 atom stereocenters. The maximum Gasteiger partial charge on any atom is 0.226 e. The molecule has 0 aromatic heterocycles. The third kappa shape index (κ3) is 7.46. The van der Waals surface area contributed by atoms with Crippen molar-refractivity contribution < 1.29 is 18.0 Å². The van der Waals surface area contributed by atoms with Crippen LogP contribution in [-0.2, 0) is 4.79 Å². The fraction of sp³-hybridized carbons (Fsp3) is 0.600. The van der Waals surface area contributed by atoms with Crippen LogP contribution in [-0.4, -0.2) is 93.3 Å². The number of alkyl halides is 1. The van der Waals surface area contributed by atoms with E-state index in [0.717, 1.165) is 29.9 Å². The number of hydrogen-bond acceptors (Lipinski definition) is 5. The predicted octanol–water partition coefficient (Wildman–Crippen LogP) is 6.54. The second-order valence-electron chi connectivity index (χ2n) is 13.8. The number of hydrazine groups is 1. The summed E-state index contributed by atoms with van der Waals surface area (Å²) in [7, 11) is 5.60. The Bertz CT molecular complexity index is 1410. The van der Waals surface area contributed by atoms with E-state index in [-0.39, 0.29) is 28.2 Å². The van der Waals surface area contributed by atoms with Crippen LogP contribution in [0.25, 0.3) is 0 Å². The zero-order valence-corrected chi connectivity index (χ0v) is 28.7. The number of carbonyl (C=O) groups excluding carboxylic acids is 1. The van der Waals surface area contributed by atoms with Crippen molar-refractivity contribution in [3.8, 4) is 0 Å². The average molecular weight is 661 g/mol. The number of nitrogens with one attached hydrogen (secondary N) is 1. The number of aliphatic imine (C=N–C) groups is 2. The molecule has 1 spiro atoms. The number of halogens is 4. The van der Waals surface area contributed by atoms with E-state index in [1.165, 1.54) is 12.2 Å². The van der Waals surface area contributed by atoms with Gasteiger partial charge in [0, 0.05) is 75.1 Å². The van der Waals surface area contributed by atoms with Crippen LogP contribution >= 0.6 is 11.6 Å². The third-order valence-corrected chi connectivity index (χ3v) is 10.5. The van der Waals surface area contributed by atoms with Gasteiger partial charge in [0.1, 0.15) is 6.67 Å². The van der Waals surface area contributed by atoms with Crippen molar-refractivity contribution in [3.05, 3.63) is 64.1 Å². The first-order valence-electron chi connectivity index (χ1n) is 16.0. The maximum atomic E-state index is 15.1. The van der Waals surface area contributed by atoms with Crippen LogP contribution in [0.3, 0.4) is 0 Å². The summed E-state index contributed by atoms with van der Waals surface area (Å²) in [6, 6.07) is 0. The lowest BCUT2D eigenvalue weighted by Gasteiger charge is -2.44.